The van der Waals surface area contributed by atoms with Crippen LogP contribution in [0.1, 0.15) is 43.0 Å². The molecule has 0 radical (unpaired) electrons. The summed E-state index contributed by atoms with van der Waals surface area (Å²) >= 11 is 1.50. The van der Waals surface area contributed by atoms with E-state index in [0.29, 0.717) is 46.6 Å². The van der Waals surface area contributed by atoms with Crippen LogP contribution >= 0.6 is 11.8 Å². The molecule has 3 aromatic rings. The van der Waals surface area contributed by atoms with Crippen LogP contribution in [0.4, 0.5) is 5.82 Å². The molecular weight excluding hydrogens is 466 g/mol. The lowest BCUT2D eigenvalue weighted by Gasteiger charge is -2.34. The third kappa shape index (κ3) is 5.25. The predicted molar refractivity (Wildman–Crippen MR) is 133 cm³/mol. The molecule has 0 aromatic carbocycles. The summed E-state index contributed by atoms with van der Waals surface area (Å²) in [5.41, 5.74) is 2.64. The summed E-state index contributed by atoms with van der Waals surface area (Å²) in [7, 11) is 1.54. The van der Waals surface area contributed by atoms with Gasteiger partial charge in [-0.2, -0.15) is 0 Å². The molecule has 1 saturated carbocycles. The second-order valence-corrected chi connectivity index (χ2v) is 10.1. The van der Waals surface area contributed by atoms with E-state index in [1.807, 2.05) is 12.1 Å². The second-order valence-electron chi connectivity index (χ2n) is 9.04. The number of hydrogen-bond donors (Lipinski definition) is 4. The van der Waals surface area contributed by atoms with E-state index in [-0.39, 0.29) is 11.8 Å². The van der Waals surface area contributed by atoms with Crippen LogP contribution in [0.3, 0.4) is 0 Å². The van der Waals surface area contributed by atoms with Gasteiger partial charge >= 0.3 is 0 Å². The highest BCUT2D eigenvalue weighted by Crippen LogP contribution is 2.35. The maximum atomic E-state index is 11.6. The van der Waals surface area contributed by atoms with Crippen molar-refractivity contribution in [1.29, 1.82) is 0 Å². The van der Waals surface area contributed by atoms with Gasteiger partial charge in [0.1, 0.15) is 11.9 Å². The summed E-state index contributed by atoms with van der Waals surface area (Å²) in [4.78, 5) is 25.9. The fourth-order valence-corrected chi connectivity index (χ4v) is 5.59. The molecule has 3 aromatic heterocycles. The van der Waals surface area contributed by atoms with Crippen molar-refractivity contribution >= 4 is 34.5 Å². The zero-order chi connectivity index (χ0) is 24.4. The van der Waals surface area contributed by atoms with Crippen LogP contribution in [-0.2, 0) is 11.3 Å². The highest BCUT2D eigenvalue weighted by molar-refractivity contribution is 8.00. The average molecular weight is 496 g/mol. The van der Waals surface area contributed by atoms with Crippen LogP contribution < -0.4 is 15.4 Å². The van der Waals surface area contributed by atoms with Crippen molar-refractivity contribution in [3.63, 3.8) is 0 Å². The topological polar surface area (TPSA) is 129 Å². The first kappa shape index (κ1) is 23.9. The predicted octanol–water partition coefficient (Wildman–Crippen LogP) is 2.82. The Bertz CT molecular complexity index is 1220. The van der Waals surface area contributed by atoms with Crippen molar-refractivity contribution in [1.82, 2.24) is 20.3 Å². The number of aliphatic hydroxyl groups excluding tert-OH is 2. The molecule has 1 fully saturated rings. The molecule has 0 spiro atoms. The highest BCUT2D eigenvalue weighted by atomic mass is 32.2. The third-order valence-corrected chi connectivity index (χ3v) is 7.85. The van der Waals surface area contributed by atoms with Crippen LogP contribution in [0.25, 0.3) is 11.0 Å². The first-order chi connectivity index (χ1) is 17.0. The van der Waals surface area contributed by atoms with Crippen molar-refractivity contribution in [3.05, 3.63) is 47.8 Å². The minimum absolute atomic E-state index is 0.00835. The second kappa shape index (κ2) is 10.4. The SMILES string of the molecule is COc1ccc2nccc([C@@H](O)[C@H](O)C3CCC(NCc4ccc5c(n4)NC(=O)CS5)CC3)c2n1. The number of carbonyl (C=O) groups excluding carboxylic acids is 1. The zero-order valence-electron chi connectivity index (χ0n) is 19.5. The molecule has 2 atom stereocenters. The van der Waals surface area contributed by atoms with Crippen LogP contribution in [0.5, 0.6) is 5.88 Å². The quantitative estimate of drug-likeness (QED) is 0.391. The fourth-order valence-electron chi connectivity index (χ4n) is 4.84. The monoisotopic (exact) mass is 495 g/mol. The molecule has 10 heteroatoms. The Hall–Kier alpha value is -2.79. The molecule has 0 unspecified atom stereocenters. The third-order valence-electron chi connectivity index (χ3n) is 6.80. The molecule has 1 aliphatic carbocycles. The summed E-state index contributed by atoms with van der Waals surface area (Å²) in [6.45, 7) is 0.616. The van der Waals surface area contributed by atoms with Gasteiger partial charge in [-0.1, -0.05) is 0 Å². The number of methoxy groups -OCH3 is 1. The number of pyridine rings is 3. The number of aliphatic hydroxyl groups is 2. The molecule has 4 N–H and O–H groups in total. The first-order valence-electron chi connectivity index (χ1n) is 11.8. The highest BCUT2D eigenvalue weighted by Gasteiger charge is 2.32. The Morgan fingerprint density at radius 3 is 2.77 bits per heavy atom. The van der Waals surface area contributed by atoms with E-state index in [1.165, 1.54) is 11.8 Å². The molecule has 2 aliphatic rings. The number of hydrogen-bond acceptors (Lipinski definition) is 9. The lowest BCUT2D eigenvalue weighted by molar-refractivity contribution is -0.113. The average Bonchev–Trinajstić information content (AvgIpc) is 2.90. The first-order valence-corrected chi connectivity index (χ1v) is 12.8. The van der Waals surface area contributed by atoms with Gasteiger partial charge in [-0.3, -0.25) is 9.78 Å². The number of aromatic nitrogens is 3. The smallest absolute Gasteiger partial charge is 0.235 e. The minimum Gasteiger partial charge on any atom is -0.481 e. The number of ether oxygens (including phenoxy) is 1. The van der Waals surface area contributed by atoms with Crippen LogP contribution in [0, 0.1) is 5.92 Å². The Morgan fingerprint density at radius 2 is 1.97 bits per heavy atom. The minimum atomic E-state index is -1.05. The zero-order valence-corrected chi connectivity index (χ0v) is 20.3. The Labute approximate surface area is 207 Å². The van der Waals surface area contributed by atoms with Crippen LogP contribution in [-0.4, -0.2) is 56.1 Å². The lowest BCUT2D eigenvalue weighted by Crippen LogP contribution is -2.37. The summed E-state index contributed by atoms with van der Waals surface area (Å²) < 4.78 is 5.22. The molecule has 1 amide bonds. The molecule has 0 saturated heterocycles. The number of rotatable bonds is 7. The number of carbonyl (C=O) groups is 1. The molecule has 5 rings (SSSR count). The van der Waals surface area contributed by atoms with Gasteiger partial charge in [0, 0.05) is 30.4 Å². The summed E-state index contributed by atoms with van der Waals surface area (Å²) in [6.07, 6.45) is 3.09. The van der Waals surface area contributed by atoms with E-state index in [9.17, 15) is 15.0 Å². The molecular formula is C25H29N5O4S. The van der Waals surface area contributed by atoms with E-state index in [4.69, 9.17) is 4.74 Å². The van der Waals surface area contributed by atoms with Gasteiger partial charge in [0.2, 0.25) is 11.8 Å². The van der Waals surface area contributed by atoms with E-state index in [1.54, 1.807) is 31.5 Å². The number of amides is 1. The maximum Gasteiger partial charge on any atom is 0.235 e. The number of anilines is 1. The fraction of sp³-hybridized carbons (Fsp3) is 0.440. The van der Waals surface area contributed by atoms with Gasteiger partial charge in [-0.15, -0.1) is 11.8 Å². The largest absolute Gasteiger partial charge is 0.481 e. The standard InChI is InChI=1S/C25H29N5O4S/c1-34-21-9-7-18-22(30-21)17(10-11-26-18)24(33)23(32)14-2-4-15(5-3-14)27-12-16-6-8-19-25(28-16)29-20(31)13-35-19/h6-11,14-15,23-24,27,32-33H,2-5,12-13H2,1H3,(H,28,29,31)/t14?,15?,23-,24-/m1/s1. The summed E-state index contributed by atoms with van der Waals surface area (Å²) in [5, 5.41) is 28.4. The molecule has 0 bridgehead atoms. The number of nitrogens with zero attached hydrogens (tertiary/aromatic N) is 3. The molecule has 35 heavy (non-hydrogen) atoms. The summed E-state index contributed by atoms with van der Waals surface area (Å²) in [6, 6.07) is 9.54. The van der Waals surface area contributed by atoms with Crippen LogP contribution in [0.2, 0.25) is 0 Å². The molecule has 4 heterocycles. The van der Waals surface area contributed by atoms with Gasteiger partial charge in [-0.25, -0.2) is 9.97 Å². The molecule has 184 valence electrons. The Morgan fingerprint density at radius 1 is 1.14 bits per heavy atom. The summed E-state index contributed by atoms with van der Waals surface area (Å²) in [5.74, 6) is 1.48. The van der Waals surface area contributed by atoms with Crippen molar-refractivity contribution in [2.75, 3.05) is 18.2 Å². The van der Waals surface area contributed by atoms with E-state index in [2.05, 4.69) is 25.6 Å². The normalized spacial score (nSPS) is 21.7. The van der Waals surface area contributed by atoms with Gasteiger partial charge in [-0.05, 0) is 55.9 Å². The van der Waals surface area contributed by atoms with Crippen molar-refractivity contribution in [3.8, 4) is 5.88 Å². The van der Waals surface area contributed by atoms with Gasteiger partial charge in [0.05, 0.1) is 40.6 Å². The molecule has 1 aliphatic heterocycles. The lowest BCUT2D eigenvalue weighted by atomic mass is 9.80. The van der Waals surface area contributed by atoms with Crippen molar-refractivity contribution < 1.29 is 19.7 Å². The van der Waals surface area contributed by atoms with E-state index >= 15 is 0 Å². The Balaban J connectivity index is 1.17. The van der Waals surface area contributed by atoms with E-state index in [0.717, 1.165) is 36.3 Å². The number of nitrogens with one attached hydrogen (secondary N) is 2. The Kier molecular flexibility index (Phi) is 7.14. The van der Waals surface area contributed by atoms with Crippen molar-refractivity contribution in [2.24, 2.45) is 5.92 Å². The van der Waals surface area contributed by atoms with Gasteiger partial charge in [0.25, 0.3) is 0 Å². The van der Waals surface area contributed by atoms with E-state index < -0.39 is 12.2 Å². The van der Waals surface area contributed by atoms with Crippen LogP contribution in [0.15, 0.2) is 41.4 Å². The molecule has 9 nitrogen and oxygen atoms in total. The van der Waals surface area contributed by atoms with Gasteiger partial charge < -0.3 is 25.6 Å². The maximum absolute atomic E-state index is 11.6. The number of fused-ring (bicyclic) bond motifs is 2. The van der Waals surface area contributed by atoms with Gasteiger partial charge in [0.15, 0.2) is 0 Å². The number of thioether (sulfide) groups is 1. The van der Waals surface area contributed by atoms with Crippen molar-refractivity contribution in [2.45, 2.75) is 55.4 Å².